The Morgan fingerprint density at radius 1 is 1.11 bits per heavy atom. The molecule has 1 fully saturated rings. The van der Waals surface area contributed by atoms with Crippen LogP contribution in [0.4, 0.5) is 0 Å². The Labute approximate surface area is 116 Å². The van der Waals surface area contributed by atoms with Crippen LogP contribution in [0.15, 0.2) is 36.5 Å². The molecule has 1 aromatic carbocycles. The lowest BCUT2D eigenvalue weighted by Gasteiger charge is -2.26. The fourth-order valence-electron chi connectivity index (χ4n) is 2.03. The molecular formula is C14H12Cl2N2. The van der Waals surface area contributed by atoms with Gasteiger partial charge in [0.2, 0.25) is 0 Å². The first kappa shape index (κ1) is 12.0. The van der Waals surface area contributed by atoms with Gasteiger partial charge in [-0.25, -0.2) is 0 Å². The van der Waals surface area contributed by atoms with Crippen LogP contribution in [-0.4, -0.2) is 18.1 Å². The van der Waals surface area contributed by atoms with Crippen molar-refractivity contribution in [3.63, 3.8) is 0 Å². The Morgan fingerprint density at radius 3 is 2.50 bits per heavy atom. The maximum Gasteiger partial charge on any atom is 0.0499 e. The van der Waals surface area contributed by atoms with E-state index in [0.717, 1.165) is 29.9 Å². The van der Waals surface area contributed by atoms with Crippen LogP contribution in [0, 0.1) is 0 Å². The van der Waals surface area contributed by atoms with E-state index in [4.69, 9.17) is 23.2 Å². The maximum atomic E-state index is 6.18. The van der Waals surface area contributed by atoms with Gasteiger partial charge in [0.05, 0.1) is 0 Å². The molecule has 1 aliphatic rings. The zero-order valence-corrected chi connectivity index (χ0v) is 11.2. The molecule has 0 radical (unpaired) electrons. The third-order valence-corrected chi connectivity index (χ3v) is 3.78. The second kappa shape index (κ2) is 4.88. The molecule has 0 saturated carbocycles. The van der Waals surface area contributed by atoms with Crippen molar-refractivity contribution in [2.45, 2.75) is 5.92 Å². The second-order valence-corrected chi connectivity index (χ2v) is 5.29. The number of pyridine rings is 1. The van der Waals surface area contributed by atoms with Gasteiger partial charge in [-0.1, -0.05) is 35.3 Å². The van der Waals surface area contributed by atoms with Crippen molar-refractivity contribution in [1.29, 1.82) is 0 Å². The summed E-state index contributed by atoms with van der Waals surface area (Å²) in [5.74, 6) is 0.555. The molecule has 2 nitrogen and oxygen atoms in total. The summed E-state index contributed by atoms with van der Waals surface area (Å²) in [7, 11) is 0. The van der Waals surface area contributed by atoms with Gasteiger partial charge in [-0.3, -0.25) is 4.98 Å². The van der Waals surface area contributed by atoms with Crippen molar-refractivity contribution in [2.24, 2.45) is 0 Å². The largest absolute Gasteiger partial charge is 0.315 e. The summed E-state index contributed by atoms with van der Waals surface area (Å²) in [6.07, 6.45) is 1.88. The predicted molar refractivity (Wildman–Crippen MR) is 75.3 cm³/mol. The minimum absolute atomic E-state index is 0.555. The molecule has 0 aliphatic carbocycles. The van der Waals surface area contributed by atoms with Crippen molar-refractivity contribution in [2.75, 3.05) is 13.1 Å². The molecule has 1 N–H and O–H groups in total. The van der Waals surface area contributed by atoms with Crippen LogP contribution < -0.4 is 5.32 Å². The van der Waals surface area contributed by atoms with Crippen molar-refractivity contribution >= 4 is 23.2 Å². The summed E-state index contributed by atoms with van der Waals surface area (Å²) in [5.41, 5.74) is 3.13. The second-order valence-electron chi connectivity index (χ2n) is 4.45. The zero-order chi connectivity index (χ0) is 12.5. The highest BCUT2D eigenvalue weighted by atomic mass is 35.5. The topological polar surface area (TPSA) is 24.9 Å². The SMILES string of the molecule is Clc1ccc(-c2ccc(C3CNC3)nc2)c(Cl)c1. The van der Waals surface area contributed by atoms with Crippen LogP contribution in [0.5, 0.6) is 0 Å². The van der Waals surface area contributed by atoms with Crippen molar-refractivity contribution in [3.05, 3.63) is 52.3 Å². The van der Waals surface area contributed by atoms with Gasteiger partial charge < -0.3 is 5.32 Å². The van der Waals surface area contributed by atoms with Crippen LogP contribution in [0.1, 0.15) is 11.6 Å². The van der Waals surface area contributed by atoms with E-state index in [1.54, 1.807) is 6.07 Å². The molecule has 0 unspecified atom stereocenters. The number of nitrogens with zero attached hydrogens (tertiary/aromatic N) is 1. The zero-order valence-electron chi connectivity index (χ0n) is 9.66. The monoisotopic (exact) mass is 278 g/mol. The molecule has 2 aromatic rings. The Hall–Kier alpha value is -1.09. The molecule has 18 heavy (non-hydrogen) atoms. The first-order valence-electron chi connectivity index (χ1n) is 5.86. The minimum atomic E-state index is 0.555. The first-order chi connectivity index (χ1) is 8.74. The molecular weight excluding hydrogens is 267 g/mol. The van der Waals surface area contributed by atoms with Gasteiger partial charge in [0.25, 0.3) is 0 Å². The number of hydrogen-bond donors (Lipinski definition) is 1. The molecule has 4 heteroatoms. The highest BCUT2D eigenvalue weighted by Gasteiger charge is 2.19. The molecule has 0 bridgehead atoms. The summed E-state index contributed by atoms with van der Waals surface area (Å²) < 4.78 is 0. The van der Waals surface area contributed by atoms with E-state index in [1.165, 1.54) is 0 Å². The summed E-state index contributed by atoms with van der Waals surface area (Å²) in [6.45, 7) is 2.04. The summed E-state index contributed by atoms with van der Waals surface area (Å²) in [4.78, 5) is 4.51. The Kier molecular flexibility index (Phi) is 3.25. The van der Waals surface area contributed by atoms with E-state index in [2.05, 4.69) is 22.4 Å². The maximum absolute atomic E-state index is 6.18. The highest BCUT2D eigenvalue weighted by molar-refractivity contribution is 6.36. The predicted octanol–water partition coefficient (Wildman–Crippen LogP) is 3.74. The van der Waals surface area contributed by atoms with Crippen LogP contribution >= 0.6 is 23.2 Å². The number of hydrogen-bond acceptors (Lipinski definition) is 2. The first-order valence-corrected chi connectivity index (χ1v) is 6.62. The van der Waals surface area contributed by atoms with E-state index < -0.39 is 0 Å². The summed E-state index contributed by atoms with van der Waals surface area (Å²) in [5, 5.41) is 4.55. The number of aromatic nitrogens is 1. The minimum Gasteiger partial charge on any atom is -0.315 e. The van der Waals surface area contributed by atoms with Crippen LogP contribution in [0.2, 0.25) is 10.0 Å². The van der Waals surface area contributed by atoms with Crippen LogP contribution in [0.3, 0.4) is 0 Å². The Morgan fingerprint density at radius 2 is 1.94 bits per heavy atom. The Balaban J connectivity index is 1.91. The van der Waals surface area contributed by atoms with E-state index in [-0.39, 0.29) is 0 Å². The van der Waals surface area contributed by atoms with Crippen molar-refractivity contribution < 1.29 is 0 Å². The van der Waals surface area contributed by atoms with Gasteiger partial charge in [-0.05, 0) is 18.2 Å². The van der Waals surface area contributed by atoms with Crippen molar-refractivity contribution in [3.8, 4) is 11.1 Å². The lowest BCUT2D eigenvalue weighted by atomic mass is 9.97. The standard InChI is InChI=1S/C14H12Cl2N2/c15-11-2-3-12(13(16)5-11)9-1-4-14(18-8-9)10-6-17-7-10/h1-5,8,10,17H,6-7H2. The van der Waals surface area contributed by atoms with Crippen LogP contribution in [0.25, 0.3) is 11.1 Å². The van der Waals surface area contributed by atoms with Gasteiger partial charge in [0, 0.05) is 52.1 Å². The average Bonchev–Trinajstić information content (AvgIpc) is 2.28. The molecule has 0 atom stereocenters. The molecule has 0 amide bonds. The normalized spacial score (nSPS) is 15.4. The van der Waals surface area contributed by atoms with Gasteiger partial charge in [-0.2, -0.15) is 0 Å². The van der Waals surface area contributed by atoms with Gasteiger partial charge in [0.15, 0.2) is 0 Å². The fraction of sp³-hybridized carbons (Fsp3) is 0.214. The lowest BCUT2D eigenvalue weighted by molar-refractivity contribution is 0.440. The summed E-state index contributed by atoms with van der Waals surface area (Å²) in [6, 6.07) is 9.66. The molecule has 1 aromatic heterocycles. The highest BCUT2D eigenvalue weighted by Crippen LogP contribution is 2.30. The number of nitrogens with one attached hydrogen (secondary N) is 1. The molecule has 0 spiro atoms. The van der Waals surface area contributed by atoms with Crippen LogP contribution in [-0.2, 0) is 0 Å². The average molecular weight is 279 g/mol. The van der Waals surface area contributed by atoms with Gasteiger partial charge in [-0.15, -0.1) is 0 Å². The summed E-state index contributed by atoms with van der Waals surface area (Å²) >= 11 is 12.1. The Bertz CT molecular complexity index is 563. The van der Waals surface area contributed by atoms with Gasteiger partial charge >= 0.3 is 0 Å². The molecule has 3 rings (SSSR count). The van der Waals surface area contributed by atoms with E-state index in [0.29, 0.717) is 16.0 Å². The smallest absolute Gasteiger partial charge is 0.0499 e. The molecule has 1 aliphatic heterocycles. The van der Waals surface area contributed by atoms with E-state index in [9.17, 15) is 0 Å². The number of benzene rings is 1. The third kappa shape index (κ3) is 2.24. The number of halogens is 2. The lowest BCUT2D eigenvalue weighted by Crippen LogP contribution is -2.40. The van der Waals surface area contributed by atoms with E-state index in [1.807, 2.05) is 18.3 Å². The van der Waals surface area contributed by atoms with Crippen molar-refractivity contribution in [1.82, 2.24) is 10.3 Å². The fourth-order valence-corrected chi connectivity index (χ4v) is 2.55. The van der Waals surface area contributed by atoms with E-state index >= 15 is 0 Å². The molecule has 1 saturated heterocycles. The third-order valence-electron chi connectivity index (χ3n) is 3.23. The number of rotatable bonds is 2. The van der Waals surface area contributed by atoms with Gasteiger partial charge in [0.1, 0.15) is 0 Å². The molecule has 92 valence electrons. The quantitative estimate of drug-likeness (QED) is 0.905. The molecule has 2 heterocycles.